The highest BCUT2D eigenvalue weighted by atomic mass is 79.9. The fourth-order valence-electron chi connectivity index (χ4n) is 2.30. The Labute approximate surface area is 171 Å². The van der Waals surface area contributed by atoms with E-state index in [0.717, 1.165) is 0 Å². The number of hydrogen-bond acceptors (Lipinski definition) is 6. The first-order chi connectivity index (χ1) is 13.1. The minimum absolute atomic E-state index is 0.127. The minimum atomic E-state index is -0.608. The lowest BCUT2D eigenvalue weighted by Crippen LogP contribution is -2.18. The number of halogens is 1. The molecule has 0 saturated heterocycles. The summed E-state index contributed by atoms with van der Waals surface area (Å²) in [6, 6.07) is 4.25. The van der Waals surface area contributed by atoms with Gasteiger partial charge in [-0.25, -0.2) is 9.59 Å². The summed E-state index contributed by atoms with van der Waals surface area (Å²) in [6.45, 7) is 6.87. The maximum absolute atomic E-state index is 12.5. The van der Waals surface area contributed by atoms with Crippen LogP contribution in [-0.2, 0) is 16.5 Å². The summed E-state index contributed by atoms with van der Waals surface area (Å²) in [5, 5.41) is 6.72. The largest absolute Gasteiger partial charge is 0.459 e. The number of anilines is 1. The molecule has 28 heavy (non-hydrogen) atoms. The molecule has 9 heteroatoms. The molecule has 0 saturated carbocycles. The third-order valence-electron chi connectivity index (χ3n) is 3.35. The first-order valence-electron chi connectivity index (χ1n) is 8.64. The maximum atomic E-state index is 12.5. The number of aromatic nitrogens is 2. The van der Waals surface area contributed by atoms with Gasteiger partial charge < -0.3 is 14.8 Å². The molecule has 8 nitrogen and oxygen atoms in total. The van der Waals surface area contributed by atoms with Crippen LogP contribution in [0.15, 0.2) is 28.9 Å². The number of aryl methyl sites for hydroxylation is 1. The van der Waals surface area contributed by atoms with Crippen LogP contribution in [0, 0.1) is 0 Å². The molecule has 0 atom stereocenters. The van der Waals surface area contributed by atoms with Crippen molar-refractivity contribution in [1.29, 1.82) is 0 Å². The molecule has 0 aliphatic rings. The van der Waals surface area contributed by atoms with Crippen LogP contribution in [-0.4, -0.2) is 39.8 Å². The van der Waals surface area contributed by atoms with Gasteiger partial charge in [-0.2, -0.15) is 5.10 Å². The Bertz CT molecular complexity index is 865. The second kappa shape index (κ2) is 9.01. The molecule has 2 aromatic rings. The van der Waals surface area contributed by atoms with Gasteiger partial charge in [0.05, 0.1) is 27.8 Å². The molecule has 1 aromatic carbocycles. The van der Waals surface area contributed by atoms with E-state index in [-0.39, 0.29) is 34.7 Å². The van der Waals surface area contributed by atoms with Gasteiger partial charge in [-0.3, -0.25) is 9.48 Å². The van der Waals surface area contributed by atoms with Crippen LogP contribution in [0.4, 0.5) is 5.69 Å². The summed E-state index contributed by atoms with van der Waals surface area (Å²) in [5.74, 6) is -1.71. The van der Waals surface area contributed by atoms with Crippen molar-refractivity contribution in [3.8, 4) is 0 Å². The molecule has 2 rings (SSSR count). The second-order valence-electron chi connectivity index (χ2n) is 6.66. The summed E-state index contributed by atoms with van der Waals surface area (Å²) < 4.78 is 12.4. The molecule has 1 amide bonds. The summed E-state index contributed by atoms with van der Waals surface area (Å²) in [4.78, 5) is 37.1. The lowest BCUT2D eigenvalue weighted by molar-refractivity contribution is 0.0377. The van der Waals surface area contributed by atoms with Gasteiger partial charge >= 0.3 is 11.9 Å². The number of esters is 2. The Morgan fingerprint density at radius 1 is 1.00 bits per heavy atom. The standard InChI is InChI=1S/C19H22BrN3O5/c1-10(2)27-18(25)12-6-13(19(26)28-11(3)4)8-14(7-12)21-17(24)16-15(20)9-23(5)22-16/h6-11H,1-5H3,(H,21,24). The van der Waals surface area contributed by atoms with E-state index in [1.807, 2.05) is 0 Å². The zero-order chi connectivity index (χ0) is 21.0. The van der Waals surface area contributed by atoms with E-state index in [1.165, 1.54) is 22.9 Å². The van der Waals surface area contributed by atoms with Gasteiger partial charge in [-0.05, 0) is 61.8 Å². The Morgan fingerprint density at radius 3 is 1.89 bits per heavy atom. The van der Waals surface area contributed by atoms with Crippen LogP contribution in [0.2, 0.25) is 0 Å². The van der Waals surface area contributed by atoms with E-state index in [0.29, 0.717) is 4.47 Å². The number of ether oxygens (including phenoxy) is 2. The van der Waals surface area contributed by atoms with Crippen molar-refractivity contribution in [2.24, 2.45) is 7.05 Å². The highest BCUT2D eigenvalue weighted by molar-refractivity contribution is 9.10. The predicted molar refractivity (Wildman–Crippen MR) is 106 cm³/mol. The number of carbonyl (C=O) groups is 3. The van der Waals surface area contributed by atoms with Crippen LogP contribution in [0.5, 0.6) is 0 Å². The Hall–Kier alpha value is -2.68. The number of nitrogens with one attached hydrogen (secondary N) is 1. The Balaban J connectivity index is 2.38. The Morgan fingerprint density at radius 2 is 1.50 bits per heavy atom. The van der Waals surface area contributed by atoms with Gasteiger partial charge in [0, 0.05) is 18.9 Å². The number of benzene rings is 1. The molecule has 0 aliphatic heterocycles. The fraction of sp³-hybridized carbons (Fsp3) is 0.368. The number of rotatable bonds is 6. The highest BCUT2D eigenvalue weighted by Gasteiger charge is 2.20. The van der Waals surface area contributed by atoms with E-state index in [2.05, 4.69) is 26.3 Å². The average molecular weight is 452 g/mol. The normalized spacial score (nSPS) is 10.9. The third-order valence-corrected chi connectivity index (χ3v) is 3.93. The molecule has 0 aliphatic carbocycles. The van der Waals surface area contributed by atoms with Gasteiger partial charge in [0.1, 0.15) is 0 Å². The van der Waals surface area contributed by atoms with Gasteiger partial charge in [-0.15, -0.1) is 0 Å². The quantitative estimate of drug-likeness (QED) is 0.673. The molecule has 0 spiro atoms. The molecule has 1 aromatic heterocycles. The molecule has 1 heterocycles. The van der Waals surface area contributed by atoms with Crippen molar-refractivity contribution < 1.29 is 23.9 Å². The molecule has 0 unspecified atom stereocenters. The molecule has 150 valence electrons. The van der Waals surface area contributed by atoms with E-state index >= 15 is 0 Å². The van der Waals surface area contributed by atoms with Gasteiger partial charge in [0.25, 0.3) is 5.91 Å². The molecular formula is C19H22BrN3O5. The monoisotopic (exact) mass is 451 g/mol. The third kappa shape index (κ3) is 5.66. The predicted octanol–water partition coefficient (Wildman–Crippen LogP) is 3.57. The second-order valence-corrected chi connectivity index (χ2v) is 7.51. The molecule has 0 fully saturated rings. The van der Waals surface area contributed by atoms with E-state index in [1.54, 1.807) is 40.9 Å². The van der Waals surface area contributed by atoms with Crippen LogP contribution < -0.4 is 5.32 Å². The maximum Gasteiger partial charge on any atom is 0.338 e. The van der Waals surface area contributed by atoms with Gasteiger partial charge in [0.15, 0.2) is 5.69 Å². The number of nitrogens with zero attached hydrogens (tertiary/aromatic N) is 2. The van der Waals surface area contributed by atoms with Gasteiger partial charge in [-0.1, -0.05) is 0 Å². The van der Waals surface area contributed by atoms with Crippen molar-refractivity contribution in [2.45, 2.75) is 39.9 Å². The lowest BCUT2D eigenvalue weighted by atomic mass is 10.1. The average Bonchev–Trinajstić information content (AvgIpc) is 2.91. The zero-order valence-corrected chi connectivity index (χ0v) is 17.9. The minimum Gasteiger partial charge on any atom is -0.459 e. The zero-order valence-electron chi connectivity index (χ0n) is 16.3. The Kier molecular flexibility index (Phi) is 6.95. The topological polar surface area (TPSA) is 99.5 Å². The molecule has 0 bridgehead atoms. The number of carbonyl (C=O) groups excluding carboxylic acids is 3. The van der Waals surface area contributed by atoms with Crippen molar-refractivity contribution in [3.05, 3.63) is 45.7 Å². The van der Waals surface area contributed by atoms with E-state index < -0.39 is 17.8 Å². The summed E-state index contributed by atoms with van der Waals surface area (Å²) in [5.41, 5.74) is 0.671. The van der Waals surface area contributed by atoms with Crippen LogP contribution in [0.25, 0.3) is 0 Å². The molecule has 1 N–H and O–H groups in total. The van der Waals surface area contributed by atoms with Crippen molar-refractivity contribution in [1.82, 2.24) is 9.78 Å². The van der Waals surface area contributed by atoms with Crippen LogP contribution in [0.1, 0.15) is 58.9 Å². The fourth-order valence-corrected chi connectivity index (χ4v) is 2.86. The summed E-state index contributed by atoms with van der Waals surface area (Å²) in [7, 11) is 1.68. The van der Waals surface area contributed by atoms with Crippen molar-refractivity contribution >= 4 is 39.5 Å². The van der Waals surface area contributed by atoms with E-state index in [4.69, 9.17) is 9.47 Å². The van der Waals surface area contributed by atoms with E-state index in [9.17, 15) is 14.4 Å². The first kappa shape index (κ1) is 21.6. The van der Waals surface area contributed by atoms with Crippen molar-refractivity contribution in [2.75, 3.05) is 5.32 Å². The molecular weight excluding hydrogens is 430 g/mol. The number of hydrogen-bond donors (Lipinski definition) is 1. The van der Waals surface area contributed by atoms with Crippen LogP contribution >= 0.6 is 15.9 Å². The van der Waals surface area contributed by atoms with Crippen LogP contribution in [0.3, 0.4) is 0 Å². The summed E-state index contributed by atoms with van der Waals surface area (Å²) in [6.07, 6.45) is 0.971. The van der Waals surface area contributed by atoms with Gasteiger partial charge in [0.2, 0.25) is 0 Å². The summed E-state index contributed by atoms with van der Waals surface area (Å²) >= 11 is 3.27. The first-order valence-corrected chi connectivity index (χ1v) is 9.43. The van der Waals surface area contributed by atoms with Crippen molar-refractivity contribution in [3.63, 3.8) is 0 Å². The smallest absolute Gasteiger partial charge is 0.338 e. The SMILES string of the molecule is CC(C)OC(=O)c1cc(NC(=O)c2nn(C)cc2Br)cc(C(=O)OC(C)C)c1. The lowest BCUT2D eigenvalue weighted by Gasteiger charge is -2.13. The molecule has 0 radical (unpaired) electrons. The number of amides is 1. The highest BCUT2D eigenvalue weighted by Crippen LogP contribution is 2.21.